The maximum atomic E-state index is 13.6. The number of anilines is 1. The van der Waals surface area contributed by atoms with Crippen LogP contribution in [0.15, 0.2) is 92.6 Å². The number of nitrogens with two attached hydrogens (primary N) is 1. The molecule has 2 aromatic heterocycles. The minimum absolute atomic E-state index is 0.0280. The third kappa shape index (κ3) is 23.8. The fourth-order valence-corrected chi connectivity index (χ4v) is 15.1. The quantitative estimate of drug-likeness (QED) is 0.00458. The lowest BCUT2D eigenvalue weighted by molar-refractivity contribution is -0.120. The molecule has 2 aliphatic heterocycles. The van der Waals surface area contributed by atoms with Crippen molar-refractivity contribution >= 4 is 115 Å². The smallest absolute Gasteiger partial charge is 0.506 e. The van der Waals surface area contributed by atoms with Gasteiger partial charge in [0.05, 0.1) is 29.7 Å². The zero-order valence-electron chi connectivity index (χ0n) is 47.9. The van der Waals surface area contributed by atoms with Gasteiger partial charge in [-0.05, 0) is 112 Å². The van der Waals surface area contributed by atoms with E-state index >= 15 is 0 Å². The molecule has 0 spiro atoms. The largest absolute Gasteiger partial charge is 0.677 e. The number of benzene rings is 2. The Kier molecular flexibility index (Phi) is 25.9. The second-order valence-corrected chi connectivity index (χ2v) is 31.1. The summed E-state index contributed by atoms with van der Waals surface area (Å²) in [6.45, 7) is 13.0. The molecule has 0 aliphatic carbocycles. The fourth-order valence-electron chi connectivity index (χ4n) is 7.97. The van der Waals surface area contributed by atoms with E-state index in [1.807, 2.05) is 34.6 Å². The van der Waals surface area contributed by atoms with Crippen LogP contribution in [0.3, 0.4) is 0 Å². The van der Waals surface area contributed by atoms with E-state index in [-0.39, 0.29) is 70.7 Å². The Hall–Kier alpha value is -4.94. The molecule has 1 fully saturated rings. The lowest BCUT2D eigenvalue weighted by atomic mass is 10.1. The highest BCUT2D eigenvalue weighted by atomic mass is 33.1. The SMILES string of the molecule is Cc1cc(C)n(B(F)F)c1/C=C1/C=CC(CCC(=O)NCCc2ccc(N=Nc3ccc(C(=O)NCC(C)(C)SSCOCC#Cc4cn([C@H]5CC(OCSSC(C)(C)C)[C@@H](COP(=O)(O)OP(=O)(O)OP(=O)(O)O)O5)c(=O)nc4N)cc3)c(O)c2)=N1. The average Bonchev–Trinajstić information content (AvgIpc) is 2.05. The number of carbonyl (C=O) groups excluding carboxylic acids is 2. The number of nitrogen functional groups attached to an aromatic ring is 1. The average molecular weight is 1350 g/mol. The van der Waals surface area contributed by atoms with Gasteiger partial charge in [0.1, 0.15) is 48.1 Å². The van der Waals surface area contributed by atoms with Crippen molar-refractivity contribution in [2.75, 3.05) is 43.9 Å². The van der Waals surface area contributed by atoms with E-state index < -0.39 is 66.3 Å². The number of rotatable bonds is 30. The number of aliphatic imine (C=N–C) groups is 1. The highest BCUT2D eigenvalue weighted by molar-refractivity contribution is 8.77. The summed E-state index contributed by atoms with van der Waals surface area (Å²) in [7, 11) is -13.9. The van der Waals surface area contributed by atoms with Gasteiger partial charge in [0, 0.05) is 64.3 Å². The highest BCUT2D eigenvalue weighted by Crippen LogP contribution is 2.66. The Morgan fingerprint density at radius 3 is 2.37 bits per heavy atom. The van der Waals surface area contributed by atoms with Crippen molar-refractivity contribution in [3.8, 4) is 17.6 Å². The van der Waals surface area contributed by atoms with Crippen molar-refractivity contribution in [2.24, 2.45) is 15.2 Å². The number of phenols is 1. The molecule has 6 rings (SSSR count). The van der Waals surface area contributed by atoms with Gasteiger partial charge in [-0.15, -0.1) is 5.11 Å². The highest BCUT2D eigenvalue weighted by Gasteiger charge is 2.44. The molecule has 26 nitrogen and oxygen atoms in total. The number of nitrogens with one attached hydrogen (secondary N) is 2. The van der Waals surface area contributed by atoms with Crippen molar-refractivity contribution in [1.82, 2.24) is 24.7 Å². The molecule has 0 radical (unpaired) electrons. The second kappa shape index (κ2) is 31.7. The minimum Gasteiger partial charge on any atom is -0.506 e. The van der Waals surface area contributed by atoms with Crippen LogP contribution in [0.1, 0.15) is 98.5 Å². The van der Waals surface area contributed by atoms with Crippen LogP contribution in [0, 0.1) is 25.7 Å². The number of phenolic OH excluding ortho intramolecular Hbond substituents is 1. The zero-order chi connectivity index (χ0) is 63.9. The van der Waals surface area contributed by atoms with Gasteiger partial charge in [0.25, 0.3) is 5.91 Å². The molecular weight excluding hydrogens is 1280 g/mol. The first-order valence-electron chi connectivity index (χ1n) is 26.2. The van der Waals surface area contributed by atoms with Gasteiger partial charge in [0.15, 0.2) is 0 Å². The third-order valence-electron chi connectivity index (χ3n) is 11.9. The van der Waals surface area contributed by atoms with Crippen LogP contribution in [0.25, 0.3) is 6.08 Å². The van der Waals surface area contributed by atoms with E-state index in [2.05, 4.69) is 51.3 Å². The molecule has 0 bridgehead atoms. The van der Waals surface area contributed by atoms with Gasteiger partial charge in [0.2, 0.25) is 5.91 Å². The first-order valence-corrected chi connectivity index (χ1v) is 35.3. The van der Waals surface area contributed by atoms with Crippen LogP contribution in [0.4, 0.5) is 25.8 Å². The van der Waals surface area contributed by atoms with Crippen molar-refractivity contribution < 1.29 is 84.0 Å². The molecule has 472 valence electrons. The first kappa shape index (κ1) is 71.1. The number of ether oxygens (including phenoxy) is 3. The Morgan fingerprint density at radius 2 is 1.68 bits per heavy atom. The molecule has 2 aliphatic rings. The van der Waals surface area contributed by atoms with Gasteiger partial charge in [-0.3, -0.25) is 32.3 Å². The van der Waals surface area contributed by atoms with Gasteiger partial charge in [-0.2, -0.15) is 18.7 Å². The molecule has 36 heteroatoms. The fraction of sp³-hybridized carbons (Fsp3) is 0.431. The van der Waals surface area contributed by atoms with Crippen LogP contribution >= 0.6 is 66.6 Å². The monoisotopic (exact) mass is 1350 g/mol. The first-order chi connectivity index (χ1) is 40.7. The number of phosphoric ester groups is 1. The number of aryl methyl sites for hydroxylation is 2. The van der Waals surface area contributed by atoms with Crippen LogP contribution in [0.2, 0.25) is 0 Å². The van der Waals surface area contributed by atoms with Crippen molar-refractivity contribution in [2.45, 2.75) is 102 Å². The van der Waals surface area contributed by atoms with E-state index in [1.165, 1.54) is 49.4 Å². The lowest BCUT2D eigenvalue weighted by Crippen LogP contribution is -2.35. The predicted octanol–water partition coefficient (Wildman–Crippen LogP) is 9.70. The minimum atomic E-state index is -5.79. The molecule has 9 N–H and O–H groups in total. The van der Waals surface area contributed by atoms with E-state index in [0.29, 0.717) is 65.5 Å². The molecule has 4 heterocycles. The van der Waals surface area contributed by atoms with Crippen LogP contribution in [-0.4, -0.2) is 124 Å². The number of hydrogen-bond acceptors (Lipinski definition) is 22. The summed E-state index contributed by atoms with van der Waals surface area (Å²) < 4.78 is 94.1. The number of carbonyl (C=O) groups is 2. The van der Waals surface area contributed by atoms with Gasteiger partial charge in [-0.25, -0.2) is 18.5 Å². The predicted molar refractivity (Wildman–Crippen MR) is 332 cm³/mol. The molecule has 87 heavy (non-hydrogen) atoms. The standard InChI is InChI=1S/C51H65BF2N9O17P3S4/c1-32-23-33(2)63(52(53)54)41(32)25-39-16-15-37(58-39)17-19-45(65)56-21-20-34-10-18-40(42(64)24-34)61-60-38-13-11-35(12-14-38)48(66)57-29-51(6,7)87-84-30-75-22-8-9-36-27-62(49(67)59-47(36)55)46-26-43(76-31-85-86-50(3,4)5)44(78-46)28-77-82(71,72)80-83(73,74)79-81(68,69)70/h10-16,18,23-25,27,43-44,46,64H,17,19-22,26,28-31H2,1-7H3,(H,56,65)(H,57,66)(H,71,72)(H,73,74)(H2,55,59,67)(H2,68,69,70)/b39-25-,61-60?/t43?,44-,46-/m1/s1. The number of azo groups is 1. The molecular formula is C51H65BF2N9O17P3S4. The molecule has 0 saturated carbocycles. The van der Waals surface area contributed by atoms with Gasteiger partial charge < -0.3 is 59.7 Å². The molecule has 2 amide bonds. The summed E-state index contributed by atoms with van der Waals surface area (Å²) in [6.07, 6.45) is 4.16. The second-order valence-electron chi connectivity index (χ2n) is 20.7. The Labute approximate surface area is 516 Å². The molecule has 1 saturated heterocycles. The number of hydrogen-bond donors (Lipinski definition) is 8. The summed E-state index contributed by atoms with van der Waals surface area (Å²) >= 11 is 0. The topological polar surface area (TPSA) is 369 Å². The van der Waals surface area contributed by atoms with Gasteiger partial charge >= 0.3 is 36.6 Å². The van der Waals surface area contributed by atoms with E-state index in [4.69, 9.17) is 34.3 Å². The molecule has 5 atom stereocenters. The van der Waals surface area contributed by atoms with Crippen molar-refractivity contribution in [3.05, 3.63) is 117 Å². The summed E-state index contributed by atoms with van der Waals surface area (Å²) in [5, 5.41) is 24.8. The Balaban J connectivity index is 0.898. The lowest BCUT2D eigenvalue weighted by Gasteiger charge is -2.23. The maximum absolute atomic E-state index is 13.6. The number of aromatic hydroxyl groups is 1. The summed E-state index contributed by atoms with van der Waals surface area (Å²) in [5.41, 5.74) is 9.89. The third-order valence-corrected chi connectivity index (χ3v) is 21.6. The van der Waals surface area contributed by atoms with Crippen molar-refractivity contribution in [1.29, 1.82) is 0 Å². The Morgan fingerprint density at radius 1 is 0.954 bits per heavy atom. The normalized spacial score (nSPS) is 18.1. The molecule has 3 unspecified atom stereocenters. The number of nitrogens with zero attached hydrogens (tertiary/aromatic N) is 6. The van der Waals surface area contributed by atoms with Crippen LogP contribution in [0.5, 0.6) is 5.75 Å². The van der Waals surface area contributed by atoms with E-state index in [0.717, 1.165) is 14.6 Å². The van der Waals surface area contributed by atoms with E-state index in [9.17, 15) is 51.6 Å². The van der Waals surface area contributed by atoms with Crippen LogP contribution < -0.4 is 22.1 Å². The number of aromatic nitrogens is 3. The Bertz CT molecular complexity index is 3520. The number of allylic oxidation sites excluding steroid dienone is 2. The van der Waals surface area contributed by atoms with E-state index in [1.54, 1.807) is 80.6 Å². The summed E-state index contributed by atoms with van der Waals surface area (Å²) in [5.74, 6) is 5.14. The van der Waals surface area contributed by atoms with Crippen molar-refractivity contribution in [3.63, 3.8) is 0 Å². The number of phosphoric acid groups is 3. The molecule has 4 aromatic rings. The summed E-state index contributed by atoms with van der Waals surface area (Å²) in [4.78, 5) is 84.4. The number of halogens is 2. The van der Waals surface area contributed by atoms with Crippen LogP contribution in [-0.2, 0) is 52.3 Å². The maximum Gasteiger partial charge on any atom is 0.677 e. The zero-order valence-corrected chi connectivity index (χ0v) is 53.9. The van der Waals surface area contributed by atoms with Gasteiger partial charge in [-0.1, -0.05) is 81.9 Å². The number of amides is 2. The summed E-state index contributed by atoms with van der Waals surface area (Å²) in [6, 6.07) is 13.0. The molecule has 2 aromatic carbocycles.